The van der Waals surface area contributed by atoms with Gasteiger partial charge in [0.05, 0.1) is 6.04 Å². The van der Waals surface area contributed by atoms with Gasteiger partial charge in [-0.2, -0.15) is 0 Å². The quantitative estimate of drug-likeness (QED) is 0.593. The number of halogens is 1. The van der Waals surface area contributed by atoms with Crippen molar-refractivity contribution < 1.29 is 13.6 Å². The number of piperidine rings is 1. The van der Waals surface area contributed by atoms with E-state index in [1.54, 1.807) is 0 Å². The number of rotatable bonds is 5. The molecule has 3 heterocycles. The molecule has 0 spiro atoms. The number of nitrogens with zero attached hydrogens (tertiary/aromatic N) is 1. The molecule has 0 unspecified atom stereocenters. The average Bonchev–Trinajstić information content (AvgIpc) is 3.27. The van der Waals surface area contributed by atoms with E-state index in [0.717, 1.165) is 41.1 Å². The van der Waals surface area contributed by atoms with E-state index < -0.39 is 0 Å². The minimum absolute atomic E-state index is 0.0225. The van der Waals surface area contributed by atoms with E-state index in [-0.39, 0.29) is 11.9 Å². The average molecular weight is 415 g/mol. The summed E-state index contributed by atoms with van der Waals surface area (Å²) in [6, 6.07) is 7.75. The SMILES string of the molecule is Cc1ccc([C@@H](CNC(=O)c2oc3cc(C)c(Cl)cc3c2C)N2CCCCC2)o1. The van der Waals surface area contributed by atoms with Crippen LogP contribution in [0.25, 0.3) is 11.0 Å². The van der Waals surface area contributed by atoms with Crippen LogP contribution in [0, 0.1) is 20.8 Å². The minimum Gasteiger partial charge on any atom is -0.465 e. The summed E-state index contributed by atoms with van der Waals surface area (Å²) in [6.45, 7) is 8.27. The summed E-state index contributed by atoms with van der Waals surface area (Å²) in [7, 11) is 0. The van der Waals surface area contributed by atoms with Gasteiger partial charge < -0.3 is 14.2 Å². The zero-order valence-electron chi connectivity index (χ0n) is 17.2. The highest BCUT2D eigenvalue weighted by atomic mass is 35.5. The highest BCUT2D eigenvalue weighted by Gasteiger charge is 2.27. The van der Waals surface area contributed by atoms with Gasteiger partial charge in [0.1, 0.15) is 17.1 Å². The fourth-order valence-electron chi connectivity index (χ4n) is 4.10. The van der Waals surface area contributed by atoms with Gasteiger partial charge in [-0.15, -0.1) is 0 Å². The van der Waals surface area contributed by atoms with Gasteiger partial charge in [-0.25, -0.2) is 0 Å². The highest BCUT2D eigenvalue weighted by molar-refractivity contribution is 6.32. The summed E-state index contributed by atoms with van der Waals surface area (Å²) in [5.41, 5.74) is 2.42. The van der Waals surface area contributed by atoms with Gasteiger partial charge in [0.25, 0.3) is 5.91 Å². The number of carbonyl (C=O) groups is 1. The van der Waals surface area contributed by atoms with E-state index in [1.807, 2.05) is 45.0 Å². The Kier molecular flexibility index (Phi) is 5.70. The molecular formula is C23H27ClN2O3. The molecule has 4 rings (SSSR count). The second-order valence-electron chi connectivity index (χ2n) is 7.92. The molecule has 0 radical (unpaired) electrons. The molecule has 1 aromatic carbocycles. The Morgan fingerprint density at radius 2 is 1.90 bits per heavy atom. The number of furan rings is 2. The van der Waals surface area contributed by atoms with Crippen molar-refractivity contribution in [3.8, 4) is 0 Å². The van der Waals surface area contributed by atoms with Gasteiger partial charge in [-0.05, 0) is 76.5 Å². The molecule has 3 aromatic rings. The van der Waals surface area contributed by atoms with Crippen molar-refractivity contribution >= 4 is 28.5 Å². The summed E-state index contributed by atoms with van der Waals surface area (Å²) in [5, 5.41) is 4.62. The Labute approximate surface area is 176 Å². The van der Waals surface area contributed by atoms with Gasteiger partial charge >= 0.3 is 0 Å². The number of hydrogen-bond donors (Lipinski definition) is 1. The Hall–Kier alpha value is -2.24. The predicted octanol–water partition coefficient (Wildman–Crippen LogP) is 5.56. The van der Waals surface area contributed by atoms with Crippen molar-refractivity contribution in [2.45, 2.75) is 46.1 Å². The molecule has 5 nitrogen and oxygen atoms in total. The van der Waals surface area contributed by atoms with Crippen LogP contribution in [0.3, 0.4) is 0 Å². The first-order valence-corrected chi connectivity index (χ1v) is 10.6. The van der Waals surface area contributed by atoms with E-state index in [1.165, 1.54) is 19.3 Å². The van der Waals surface area contributed by atoms with Crippen LogP contribution in [-0.2, 0) is 0 Å². The van der Waals surface area contributed by atoms with E-state index in [9.17, 15) is 4.79 Å². The topological polar surface area (TPSA) is 58.6 Å². The van der Waals surface area contributed by atoms with Crippen LogP contribution in [0.15, 0.2) is 33.1 Å². The summed E-state index contributed by atoms with van der Waals surface area (Å²) in [6.07, 6.45) is 3.60. The fraction of sp³-hybridized carbons (Fsp3) is 0.435. The number of nitrogens with one attached hydrogen (secondary N) is 1. The number of amides is 1. The first-order chi connectivity index (χ1) is 13.9. The molecule has 1 atom stereocenters. The lowest BCUT2D eigenvalue weighted by atomic mass is 10.1. The number of likely N-dealkylation sites (tertiary alicyclic amines) is 1. The van der Waals surface area contributed by atoms with E-state index in [2.05, 4.69) is 10.2 Å². The zero-order chi connectivity index (χ0) is 20.5. The molecule has 0 aliphatic carbocycles. The number of carbonyl (C=O) groups excluding carboxylic acids is 1. The largest absolute Gasteiger partial charge is 0.465 e. The molecule has 2 aromatic heterocycles. The zero-order valence-corrected chi connectivity index (χ0v) is 17.9. The van der Waals surface area contributed by atoms with Crippen molar-refractivity contribution in [2.75, 3.05) is 19.6 Å². The Morgan fingerprint density at radius 3 is 2.59 bits per heavy atom. The lowest BCUT2D eigenvalue weighted by molar-refractivity contribution is 0.0888. The third-order valence-electron chi connectivity index (χ3n) is 5.80. The molecule has 1 fully saturated rings. The van der Waals surface area contributed by atoms with Crippen molar-refractivity contribution in [3.63, 3.8) is 0 Å². The Balaban J connectivity index is 1.55. The van der Waals surface area contributed by atoms with Crippen molar-refractivity contribution in [3.05, 3.63) is 57.7 Å². The maximum absolute atomic E-state index is 12.9. The molecule has 1 aliphatic heterocycles. The van der Waals surface area contributed by atoms with Crippen LogP contribution in [-0.4, -0.2) is 30.4 Å². The van der Waals surface area contributed by atoms with Crippen molar-refractivity contribution in [2.24, 2.45) is 0 Å². The second kappa shape index (κ2) is 8.25. The molecule has 154 valence electrons. The smallest absolute Gasteiger partial charge is 0.287 e. The molecule has 1 N–H and O–H groups in total. The van der Waals surface area contributed by atoms with Gasteiger partial charge in [0.2, 0.25) is 0 Å². The van der Waals surface area contributed by atoms with Crippen LogP contribution in [0.5, 0.6) is 0 Å². The first kappa shape index (κ1) is 20.0. The van der Waals surface area contributed by atoms with Crippen LogP contribution < -0.4 is 5.32 Å². The molecule has 1 saturated heterocycles. The molecule has 0 saturated carbocycles. The van der Waals surface area contributed by atoms with Gasteiger partial charge in [-0.3, -0.25) is 9.69 Å². The van der Waals surface area contributed by atoms with Crippen LogP contribution >= 0.6 is 11.6 Å². The Morgan fingerprint density at radius 1 is 1.14 bits per heavy atom. The maximum atomic E-state index is 12.9. The monoisotopic (exact) mass is 414 g/mol. The molecule has 1 amide bonds. The second-order valence-corrected chi connectivity index (χ2v) is 8.33. The maximum Gasteiger partial charge on any atom is 0.287 e. The molecule has 6 heteroatoms. The number of fused-ring (bicyclic) bond motifs is 1. The normalized spacial score (nSPS) is 16.3. The lowest BCUT2D eigenvalue weighted by Crippen LogP contribution is -2.40. The van der Waals surface area contributed by atoms with Gasteiger partial charge in [0.15, 0.2) is 5.76 Å². The molecule has 0 bridgehead atoms. The fourth-order valence-corrected chi connectivity index (χ4v) is 4.26. The summed E-state index contributed by atoms with van der Waals surface area (Å²) >= 11 is 6.25. The number of aryl methyl sites for hydroxylation is 3. The molecule has 1 aliphatic rings. The van der Waals surface area contributed by atoms with Crippen LogP contribution in [0.2, 0.25) is 5.02 Å². The summed E-state index contributed by atoms with van der Waals surface area (Å²) in [5.74, 6) is 1.91. The number of benzene rings is 1. The summed E-state index contributed by atoms with van der Waals surface area (Å²) < 4.78 is 11.8. The Bertz CT molecular complexity index is 1030. The van der Waals surface area contributed by atoms with Crippen LogP contribution in [0.4, 0.5) is 0 Å². The van der Waals surface area contributed by atoms with Crippen LogP contribution in [0.1, 0.15) is 58.5 Å². The van der Waals surface area contributed by atoms with E-state index >= 15 is 0 Å². The van der Waals surface area contributed by atoms with Gasteiger partial charge in [0, 0.05) is 22.5 Å². The van der Waals surface area contributed by atoms with E-state index in [0.29, 0.717) is 22.9 Å². The predicted molar refractivity (Wildman–Crippen MR) is 115 cm³/mol. The lowest BCUT2D eigenvalue weighted by Gasteiger charge is -2.33. The summed E-state index contributed by atoms with van der Waals surface area (Å²) in [4.78, 5) is 15.3. The minimum atomic E-state index is -0.210. The van der Waals surface area contributed by atoms with Gasteiger partial charge in [-0.1, -0.05) is 18.0 Å². The highest BCUT2D eigenvalue weighted by Crippen LogP contribution is 2.31. The standard InChI is InChI=1S/C23H27ClN2O3/c1-14-11-21-17(12-18(14)24)16(3)22(29-21)23(27)25-13-19(20-8-7-15(2)28-20)26-9-5-4-6-10-26/h7-8,11-12,19H,4-6,9-10,13H2,1-3H3,(H,25,27)/t19-/m1/s1. The third kappa shape index (κ3) is 4.07. The van der Waals surface area contributed by atoms with Crippen molar-refractivity contribution in [1.82, 2.24) is 10.2 Å². The third-order valence-corrected chi connectivity index (χ3v) is 6.21. The van der Waals surface area contributed by atoms with E-state index in [4.69, 9.17) is 20.4 Å². The number of hydrogen-bond acceptors (Lipinski definition) is 4. The van der Waals surface area contributed by atoms with Crippen molar-refractivity contribution in [1.29, 1.82) is 0 Å². The molecular weight excluding hydrogens is 388 g/mol. The first-order valence-electron chi connectivity index (χ1n) is 10.2. The molecule has 29 heavy (non-hydrogen) atoms.